The van der Waals surface area contributed by atoms with Crippen molar-refractivity contribution >= 4 is 12.0 Å². The number of nitrogens with zero attached hydrogens (tertiary/aromatic N) is 1. The van der Waals surface area contributed by atoms with E-state index in [9.17, 15) is 20.0 Å². The van der Waals surface area contributed by atoms with Crippen LogP contribution in [0.5, 0.6) is 11.5 Å². The highest BCUT2D eigenvalue weighted by atomic mass is 16.6. The van der Waals surface area contributed by atoms with E-state index in [1.54, 1.807) is 6.07 Å². The minimum Gasteiger partial charge on any atom is -0.493 e. The lowest BCUT2D eigenvalue weighted by Gasteiger charge is -2.09. The number of hydrogen-bond acceptors (Lipinski definition) is 7. The van der Waals surface area contributed by atoms with Crippen molar-refractivity contribution in [3.8, 4) is 11.5 Å². The summed E-state index contributed by atoms with van der Waals surface area (Å²) < 4.78 is 14.7. The van der Waals surface area contributed by atoms with Crippen LogP contribution in [0.3, 0.4) is 0 Å². The molecular formula is C14H17NO7. The molecule has 0 bridgehead atoms. The minimum absolute atomic E-state index is 0.0112. The third-order valence-corrected chi connectivity index (χ3v) is 2.72. The molecule has 0 fully saturated rings. The summed E-state index contributed by atoms with van der Waals surface area (Å²) in [7, 11) is 2.88. The van der Waals surface area contributed by atoms with Gasteiger partial charge in [-0.1, -0.05) is 6.07 Å². The van der Waals surface area contributed by atoms with E-state index < -0.39 is 22.7 Å². The molecule has 1 atom stereocenters. The number of hydrogen-bond donors (Lipinski definition) is 1. The molecule has 0 heterocycles. The molecule has 0 amide bonds. The molecule has 0 spiro atoms. The smallest absolute Gasteiger partial charge is 0.346 e. The normalized spacial score (nSPS) is 12.5. The fourth-order valence-electron chi connectivity index (χ4n) is 1.69. The fraction of sp³-hybridized carbons (Fsp3) is 0.357. The molecule has 1 rings (SSSR count). The molecule has 22 heavy (non-hydrogen) atoms. The first-order valence-electron chi connectivity index (χ1n) is 6.37. The fourth-order valence-corrected chi connectivity index (χ4v) is 1.69. The van der Waals surface area contributed by atoms with Crippen molar-refractivity contribution in [1.29, 1.82) is 0 Å². The number of aliphatic hydroxyl groups is 1. The van der Waals surface area contributed by atoms with Gasteiger partial charge in [-0.15, -0.1) is 0 Å². The first-order chi connectivity index (χ1) is 10.4. The molecule has 1 aromatic rings. The van der Waals surface area contributed by atoms with Crippen LogP contribution in [0, 0.1) is 10.1 Å². The van der Waals surface area contributed by atoms with Crippen LogP contribution in [0.25, 0.3) is 6.08 Å². The van der Waals surface area contributed by atoms with Crippen molar-refractivity contribution in [2.75, 3.05) is 20.8 Å². The Balaban J connectivity index is 3.18. The molecule has 0 aliphatic carbocycles. The molecule has 1 N–H and O–H groups in total. The van der Waals surface area contributed by atoms with Gasteiger partial charge in [-0.3, -0.25) is 10.1 Å². The molecule has 1 unspecified atom stereocenters. The summed E-state index contributed by atoms with van der Waals surface area (Å²) in [5.74, 6) is -0.260. The first-order valence-corrected chi connectivity index (χ1v) is 6.37. The average Bonchev–Trinajstić information content (AvgIpc) is 2.51. The van der Waals surface area contributed by atoms with Crippen LogP contribution in [-0.4, -0.2) is 42.9 Å². The van der Waals surface area contributed by atoms with Crippen molar-refractivity contribution in [2.45, 2.75) is 13.0 Å². The Bertz CT molecular complexity index is 583. The van der Waals surface area contributed by atoms with Gasteiger partial charge in [-0.05, 0) is 24.6 Å². The first kappa shape index (κ1) is 17.4. The van der Waals surface area contributed by atoms with Gasteiger partial charge in [-0.25, -0.2) is 4.79 Å². The van der Waals surface area contributed by atoms with Crippen molar-refractivity contribution in [3.05, 3.63) is 39.6 Å². The highest BCUT2D eigenvalue weighted by Gasteiger charge is 2.30. The third kappa shape index (κ3) is 4.19. The topological polar surface area (TPSA) is 108 Å². The number of rotatable bonds is 7. The summed E-state index contributed by atoms with van der Waals surface area (Å²) >= 11 is 0. The Hall–Kier alpha value is -2.61. The molecule has 1 aromatic carbocycles. The number of carbonyl (C=O) groups excluding carboxylic acids is 1. The summed E-state index contributed by atoms with van der Waals surface area (Å²) in [5, 5.41) is 20.8. The van der Waals surface area contributed by atoms with Crippen LogP contribution in [0.4, 0.5) is 0 Å². The predicted molar refractivity (Wildman–Crippen MR) is 77.2 cm³/mol. The predicted octanol–water partition coefficient (Wildman–Crippen LogP) is 1.25. The quantitative estimate of drug-likeness (QED) is 0.458. The van der Waals surface area contributed by atoms with Crippen molar-refractivity contribution in [1.82, 2.24) is 0 Å². The summed E-state index contributed by atoms with van der Waals surface area (Å²) in [6.07, 6.45) is -0.896. The second-order valence-corrected chi connectivity index (χ2v) is 4.10. The monoisotopic (exact) mass is 311 g/mol. The van der Waals surface area contributed by atoms with E-state index in [-0.39, 0.29) is 6.61 Å². The molecule has 0 aliphatic rings. The zero-order valence-corrected chi connectivity index (χ0v) is 12.4. The highest BCUT2D eigenvalue weighted by Crippen LogP contribution is 2.28. The Morgan fingerprint density at radius 2 is 2.00 bits per heavy atom. The average molecular weight is 311 g/mol. The van der Waals surface area contributed by atoms with Crippen LogP contribution in [0.1, 0.15) is 12.5 Å². The standard InChI is InChI=1S/C14H17NO7/c1-4-22-14(17)13(16)10(15(18)19)7-9-5-6-11(20-2)12(8-9)21-3/h5-8,13,16H,4H2,1-3H3/b10-7+. The van der Waals surface area contributed by atoms with Crippen molar-refractivity contribution < 1.29 is 29.0 Å². The molecule has 8 nitrogen and oxygen atoms in total. The third-order valence-electron chi connectivity index (χ3n) is 2.72. The van der Waals surface area contributed by atoms with Gasteiger partial charge in [0.2, 0.25) is 6.10 Å². The van der Waals surface area contributed by atoms with Gasteiger partial charge < -0.3 is 19.3 Å². The second kappa shape index (κ2) is 7.99. The highest BCUT2D eigenvalue weighted by molar-refractivity contribution is 5.79. The van der Waals surface area contributed by atoms with E-state index in [4.69, 9.17) is 9.47 Å². The molecule has 0 saturated heterocycles. The Morgan fingerprint density at radius 1 is 1.36 bits per heavy atom. The number of benzene rings is 1. The van der Waals surface area contributed by atoms with Gasteiger partial charge in [-0.2, -0.15) is 0 Å². The van der Waals surface area contributed by atoms with Gasteiger partial charge in [0.05, 0.1) is 25.7 Å². The van der Waals surface area contributed by atoms with Crippen molar-refractivity contribution in [3.63, 3.8) is 0 Å². The maximum Gasteiger partial charge on any atom is 0.346 e. The molecule has 0 radical (unpaired) electrons. The molecule has 8 heteroatoms. The number of esters is 1. The molecule has 0 aliphatic heterocycles. The Morgan fingerprint density at radius 3 is 2.50 bits per heavy atom. The van der Waals surface area contributed by atoms with E-state index >= 15 is 0 Å². The zero-order chi connectivity index (χ0) is 16.7. The lowest BCUT2D eigenvalue weighted by Crippen LogP contribution is -2.28. The van der Waals surface area contributed by atoms with Crippen LogP contribution < -0.4 is 9.47 Å². The number of carbonyl (C=O) groups is 1. The molecular weight excluding hydrogens is 294 g/mol. The minimum atomic E-state index is -1.97. The lowest BCUT2D eigenvalue weighted by molar-refractivity contribution is -0.432. The molecule has 120 valence electrons. The van der Waals surface area contributed by atoms with Crippen LogP contribution >= 0.6 is 0 Å². The largest absolute Gasteiger partial charge is 0.493 e. The Labute approximate surface area is 127 Å². The van der Waals surface area contributed by atoms with Gasteiger partial charge in [0, 0.05) is 6.08 Å². The van der Waals surface area contributed by atoms with Crippen LogP contribution in [-0.2, 0) is 9.53 Å². The molecule has 0 saturated carbocycles. The van der Waals surface area contributed by atoms with Gasteiger partial charge in [0.15, 0.2) is 11.5 Å². The summed E-state index contributed by atoms with van der Waals surface area (Å²) in [5.41, 5.74) is -0.321. The SMILES string of the molecule is CCOC(=O)C(O)/C(=C\c1ccc(OC)c(OC)c1)[N+](=O)[O-]. The number of ether oxygens (including phenoxy) is 3. The van der Waals surface area contributed by atoms with E-state index in [1.807, 2.05) is 0 Å². The van der Waals surface area contributed by atoms with Gasteiger partial charge in [0.25, 0.3) is 5.70 Å². The van der Waals surface area contributed by atoms with Crippen LogP contribution in [0.2, 0.25) is 0 Å². The maximum absolute atomic E-state index is 11.4. The number of nitro groups is 1. The number of aliphatic hydroxyl groups excluding tert-OH is 1. The lowest BCUT2D eigenvalue weighted by atomic mass is 10.1. The van der Waals surface area contributed by atoms with E-state index in [0.29, 0.717) is 17.1 Å². The Kier molecular flexibility index (Phi) is 6.33. The van der Waals surface area contributed by atoms with Gasteiger partial charge in [0.1, 0.15) is 0 Å². The summed E-state index contributed by atoms with van der Waals surface area (Å²) in [6.45, 7) is 1.55. The number of methoxy groups -OCH3 is 2. The zero-order valence-electron chi connectivity index (χ0n) is 12.4. The van der Waals surface area contributed by atoms with Crippen molar-refractivity contribution in [2.24, 2.45) is 0 Å². The van der Waals surface area contributed by atoms with E-state index in [0.717, 1.165) is 6.08 Å². The van der Waals surface area contributed by atoms with E-state index in [1.165, 1.54) is 33.3 Å². The van der Waals surface area contributed by atoms with E-state index in [2.05, 4.69) is 4.74 Å². The summed E-state index contributed by atoms with van der Waals surface area (Å²) in [4.78, 5) is 21.7. The van der Waals surface area contributed by atoms with Gasteiger partial charge >= 0.3 is 5.97 Å². The maximum atomic E-state index is 11.4. The summed E-state index contributed by atoms with van der Waals surface area (Å²) in [6, 6.07) is 4.57. The van der Waals surface area contributed by atoms with Crippen LogP contribution in [0.15, 0.2) is 23.9 Å². The molecule has 0 aromatic heterocycles. The second-order valence-electron chi connectivity index (χ2n) is 4.10.